The Kier molecular flexibility index (Phi) is 5.75. The topological polar surface area (TPSA) is 41.5 Å². The predicted octanol–water partition coefficient (Wildman–Crippen LogP) is 2.69. The van der Waals surface area contributed by atoms with Gasteiger partial charge in [0.05, 0.1) is 12.1 Å². The smallest absolute Gasteiger partial charge is 0.137 e. The van der Waals surface area contributed by atoms with Gasteiger partial charge in [-0.05, 0) is 50.1 Å². The van der Waals surface area contributed by atoms with E-state index in [1.165, 1.54) is 0 Å². The summed E-state index contributed by atoms with van der Waals surface area (Å²) in [6.45, 7) is 2.25. The predicted molar refractivity (Wildman–Crippen MR) is 70.9 cm³/mol. The number of rotatable bonds is 6. The van der Waals surface area contributed by atoms with Crippen molar-refractivity contribution in [1.82, 2.24) is 5.32 Å². The number of benzene rings is 1. The molecule has 0 bridgehead atoms. The molecule has 2 N–H and O–H groups in total. The molecule has 0 aliphatic carbocycles. The molecule has 0 aliphatic rings. The van der Waals surface area contributed by atoms with Gasteiger partial charge >= 0.3 is 0 Å². The molecular weight excluding hydrogens is 238 g/mol. The van der Waals surface area contributed by atoms with Crippen molar-refractivity contribution >= 4 is 11.6 Å². The quantitative estimate of drug-likeness (QED) is 0.823. The molecule has 1 aromatic carbocycles. The lowest BCUT2D eigenvalue weighted by atomic mass is 9.97. The van der Waals surface area contributed by atoms with Gasteiger partial charge in [0.1, 0.15) is 5.75 Å². The van der Waals surface area contributed by atoms with Gasteiger partial charge in [0, 0.05) is 12.6 Å². The summed E-state index contributed by atoms with van der Waals surface area (Å²) < 4.78 is 5.18. The summed E-state index contributed by atoms with van der Waals surface area (Å²) in [5.41, 5.74) is 2.30. The molecule has 1 aromatic rings. The molecule has 17 heavy (non-hydrogen) atoms. The van der Waals surface area contributed by atoms with Crippen LogP contribution in [-0.4, -0.2) is 25.9 Å². The molecule has 4 heteroatoms. The Hall–Kier alpha value is -0.770. The third-order valence-electron chi connectivity index (χ3n) is 2.92. The summed E-state index contributed by atoms with van der Waals surface area (Å²) in [7, 11) is 3.53. The van der Waals surface area contributed by atoms with Crippen LogP contribution in [0.2, 0.25) is 5.02 Å². The Bertz CT molecular complexity index is 369. The molecule has 0 amide bonds. The second kappa shape index (κ2) is 6.84. The first-order valence-electron chi connectivity index (χ1n) is 5.76. The van der Waals surface area contributed by atoms with Gasteiger partial charge in [0.15, 0.2) is 0 Å². The lowest BCUT2D eigenvalue weighted by molar-refractivity contribution is 0.276. The van der Waals surface area contributed by atoms with E-state index in [4.69, 9.17) is 21.4 Å². The fourth-order valence-corrected chi connectivity index (χ4v) is 2.20. The number of nitrogens with one attached hydrogen (secondary N) is 1. The Balaban J connectivity index is 2.99. The number of halogens is 1. The zero-order valence-electron chi connectivity index (χ0n) is 10.6. The van der Waals surface area contributed by atoms with E-state index >= 15 is 0 Å². The molecule has 0 spiro atoms. The average Bonchev–Trinajstić information content (AvgIpc) is 2.33. The van der Waals surface area contributed by atoms with Gasteiger partial charge in [-0.1, -0.05) is 11.6 Å². The molecule has 0 saturated carbocycles. The zero-order valence-corrected chi connectivity index (χ0v) is 11.3. The standard InChI is InChI=1S/C13H20ClNO2/c1-9-7-13(17-3)11(14)8-10(9)12(15-2)5-4-6-16/h7-8,12,15-16H,4-6H2,1-3H3. The van der Waals surface area contributed by atoms with Crippen molar-refractivity contribution in [2.45, 2.75) is 25.8 Å². The van der Waals surface area contributed by atoms with Gasteiger partial charge in [-0.15, -0.1) is 0 Å². The van der Waals surface area contributed by atoms with Gasteiger partial charge in [-0.3, -0.25) is 0 Å². The van der Waals surface area contributed by atoms with Crippen molar-refractivity contribution in [1.29, 1.82) is 0 Å². The highest BCUT2D eigenvalue weighted by molar-refractivity contribution is 6.32. The van der Waals surface area contributed by atoms with Gasteiger partial charge in [-0.2, -0.15) is 0 Å². The molecule has 0 heterocycles. The normalized spacial score (nSPS) is 12.5. The van der Waals surface area contributed by atoms with Crippen LogP contribution in [0.5, 0.6) is 5.75 Å². The minimum Gasteiger partial charge on any atom is -0.495 e. The second-order valence-corrected chi connectivity index (χ2v) is 4.46. The summed E-state index contributed by atoms with van der Waals surface area (Å²) in [4.78, 5) is 0. The zero-order chi connectivity index (χ0) is 12.8. The Morgan fingerprint density at radius 3 is 2.71 bits per heavy atom. The van der Waals surface area contributed by atoms with Gasteiger partial charge in [0.2, 0.25) is 0 Å². The minimum absolute atomic E-state index is 0.209. The largest absolute Gasteiger partial charge is 0.495 e. The maximum atomic E-state index is 8.89. The van der Waals surface area contributed by atoms with Crippen molar-refractivity contribution in [3.05, 3.63) is 28.3 Å². The number of methoxy groups -OCH3 is 1. The first-order valence-corrected chi connectivity index (χ1v) is 6.14. The highest BCUT2D eigenvalue weighted by Gasteiger charge is 2.14. The summed E-state index contributed by atoms with van der Waals surface area (Å²) >= 11 is 6.13. The third-order valence-corrected chi connectivity index (χ3v) is 3.21. The molecule has 1 unspecified atom stereocenters. The minimum atomic E-state index is 0.209. The molecule has 0 radical (unpaired) electrons. The van der Waals surface area contributed by atoms with E-state index in [0.29, 0.717) is 10.8 Å². The summed E-state index contributed by atoms with van der Waals surface area (Å²) in [6, 6.07) is 4.10. The summed E-state index contributed by atoms with van der Waals surface area (Å²) in [6.07, 6.45) is 1.66. The number of hydrogen-bond acceptors (Lipinski definition) is 3. The fourth-order valence-electron chi connectivity index (χ4n) is 1.95. The molecule has 1 rings (SSSR count). The Morgan fingerprint density at radius 1 is 1.47 bits per heavy atom. The molecule has 96 valence electrons. The van der Waals surface area contributed by atoms with Gasteiger partial charge in [0.25, 0.3) is 0 Å². The maximum absolute atomic E-state index is 8.89. The van der Waals surface area contributed by atoms with E-state index in [2.05, 4.69) is 5.32 Å². The van der Waals surface area contributed by atoms with Crippen LogP contribution < -0.4 is 10.1 Å². The molecule has 0 aromatic heterocycles. The van der Waals surface area contributed by atoms with Crippen molar-refractivity contribution in [2.75, 3.05) is 20.8 Å². The number of aliphatic hydroxyl groups excluding tert-OH is 1. The number of aliphatic hydroxyl groups is 1. The molecule has 3 nitrogen and oxygen atoms in total. The van der Waals surface area contributed by atoms with Crippen LogP contribution in [0.15, 0.2) is 12.1 Å². The van der Waals surface area contributed by atoms with Crippen LogP contribution in [0, 0.1) is 6.92 Å². The highest BCUT2D eigenvalue weighted by Crippen LogP contribution is 2.32. The second-order valence-electron chi connectivity index (χ2n) is 4.05. The number of aryl methyl sites for hydroxylation is 1. The van der Waals surface area contributed by atoms with Crippen LogP contribution in [0.25, 0.3) is 0 Å². The van der Waals surface area contributed by atoms with E-state index in [9.17, 15) is 0 Å². The maximum Gasteiger partial charge on any atom is 0.137 e. The van der Waals surface area contributed by atoms with Crippen molar-refractivity contribution < 1.29 is 9.84 Å². The monoisotopic (exact) mass is 257 g/mol. The first kappa shape index (κ1) is 14.3. The van der Waals surface area contributed by atoms with Crippen LogP contribution in [0.1, 0.15) is 30.0 Å². The van der Waals surface area contributed by atoms with Crippen molar-refractivity contribution in [3.8, 4) is 5.75 Å². The molecule has 0 aliphatic heterocycles. The van der Waals surface area contributed by atoms with E-state index in [1.54, 1.807) is 7.11 Å². The lowest BCUT2D eigenvalue weighted by Gasteiger charge is -2.19. The van der Waals surface area contributed by atoms with Crippen molar-refractivity contribution in [2.24, 2.45) is 0 Å². The van der Waals surface area contributed by atoms with Crippen molar-refractivity contribution in [3.63, 3.8) is 0 Å². The molecule has 0 saturated heterocycles. The van der Waals surface area contributed by atoms with Crippen LogP contribution in [-0.2, 0) is 0 Å². The van der Waals surface area contributed by atoms with Crippen LogP contribution in [0.4, 0.5) is 0 Å². The van der Waals surface area contributed by atoms with Crippen LogP contribution in [0.3, 0.4) is 0 Å². The summed E-state index contributed by atoms with van der Waals surface area (Å²) in [5.74, 6) is 0.699. The first-order chi connectivity index (χ1) is 8.13. The fraction of sp³-hybridized carbons (Fsp3) is 0.538. The number of hydrogen-bond donors (Lipinski definition) is 2. The Morgan fingerprint density at radius 2 is 2.18 bits per heavy atom. The van der Waals surface area contributed by atoms with E-state index in [-0.39, 0.29) is 12.6 Å². The molecular formula is C13H20ClNO2. The van der Waals surface area contributed by atoms with E-state index in [1.807, 2.05) is 26.1 Å². The van der Waals surface area contributed by atoms with Gasteiger partial charge in [-0.25, -0.2) is 0 Å². The number of ether oxygens (including phenoxy) is 1. The Labute approximate surface area is 108 Å². The lowest BCUT2D eigenvalue weighted by Crippen LogP contribution is -2.18. The third kappa shape index (κ3) is 3.60. The van der Waals surface area contributed by atoms with E-state index < -0.39 is 0 Å². The summed E-state index contributed by atoms with van der Waals surface area (Å²) in [5, 5.41) is 12.8. The van der Waals surface area contributed by atoms with Crippen LogP contribution >= 0.6 is 11.6 Å². The SMILES string of the molecule is CNC(CCCO)c1cc(Cl)c(OC)cc1C. The highest BCUT2D eigenvalue weighted by atomic mass is 35.5. The van der Waals surface area contributed by atoms with Gasteiger partial charge < -0.3 is 15.2 Å². The average molecular weight is 258 g/mol. The molecule has 1 atom stereocenters. The van der Waals surface area contributed by atoms with E-state index in [0.717, 1.165) is 24.0 Å². The molecule has 0 fully saturated rings.